The summed E-state index contributed by atoms with van der Waals surface area (Å²) in [4.78, 5) is 15.8. The van der Waals surface area contributed by atoms with Crippen molar-refractivity contribution in [2.45, 2.75) is 12.8 Å². The van der Waals surface area contributed by atoms with Crippen LogP contribution in [0.15, 0.2) is 182 Å². The van der Waals surface area contributed by atoms with Crippen LogP contribution in [0.25, 0.3) is 106 Å². The fraction of sp³-hybridized carbons (Fsp3) is 0.0377. The maximum absolute atomic E-state index is 5.36. The van der Waals surface area contributed by atoms with Crippen molar-refractivity contribution in [2.75, 3.05) is 0 Å². The van der Waals surface area contributed by atoms with E-state index in [-0.39, 0.29) is 0 Å². The van der Waals surface area contributed by atoms with Crippen LogP contribution in [0.1, 0.15) is 11.1 Å². The van der Waals surface area contributed by atoms with Gasteiger partial charge >= 0.3 is 0 Å². The maximum Gasteiger partial charge on any atom is 0.238 e. The summed E-state index contributed by atoms with van der Waals surface area (Å²) >= 11 is 0. The molecule has 6 heteroatoms. The Labute approximate surface area is 338 Å². The Bertz CT molecular complexity index is 3320. The van der Waals surface area contributed by atoms with E-state index in [2.05, 4.69) is 159 Å². The Balaban J connectivity index is 1.18. The fourth-order valence-corrected chi connectivity index (χ4v) is 9.83. The molecule has 0 spiro atoms. The Kier molecular flexibility index (Phi) is 6.75. The van der Waals surface area contributed by atoms with E-state index < -0.39 is 0 Å². The van der Waals surface area contributed by atoms with Crippen molar-refractivity contribution >= 4 is 65.4 Å². The minimum Gasteiger partial charge on any atom is -0.309 e. The van der Waals surface area contributed by atoms with E-state index >= 15 is 0 Å². The van der Waals surface area contributed by atoms with E-state index in [0.29, 0.717) is 17.6 Å². The molecule has 59 heavy (non-hydrogen) atoms. The number of hydrogen-bond acceptors (Lipinski definition) is 3. The number of aromatic nitrogens is 6. The first-order valence-corrected chi connectivity index (χ1v) is 20.3. The molecule has 0 saturated heterocycles. The second-order valence-corrected chi connectivity index (χ2v) is 15.6. The number of fused-ring (bicyclic) bond motifs is 6. The molecule has 0 fully saturated rings. The van der Waals surface area contributed by atoms with Gasteiger partial charge in [-0.15, -0.1) is 0 Å². The molecule has 0 bridgehead atoms. The molecule has 0 N–H and O–H groups in total. The molecular weight excluding hydrogens is 721 g/mol. The molecule has 12 aromatic rings. The zero-order valence-electron chi connectivity index (χ0n) is 31.9. The lowest BCUT2D eigenvalue weighted by atomic mass is 9.90. The lowest BCUT2D eigenvalue weighted by Gasteiger charge is -2.17. The largest absolute Gasteiger partial charge is 0.309 e. The normalized spacial score (nSPS) is 12.6. The zero-order valence-corrected chi connectivity index (χ0v) is 31.9. The highest BCUT2D eigenvalue weighted by molar-refractivity contribution is 6.16. The second-order valence-electron chi connectivity index (χ2n) is 15.6. The molecule has 0 aliphatic heterocycles. The molecule has 4 aromatic heterocycles. The van der Waals surface area contributed by atoms with E-state index in [1.165, 1.54) is 65.5 Å². The summed E-state index contributed by atoms with van der Waals surface area (Å²) in [5.74, 6) is 1.86. The third-order valence-corrected chi connectivity index (χ3v) is 12.3. The number of para-hydroxylation sites is 4. The molecule has 0 radical (unpaired) electrons. The van der Waals surface area contributed by atoms with Crippen molar-refractivity contribution in [1.82, 2.24) is 28.7 Å². The number of aryl methyl sites for hydroxylation is 2. The van der Waals surface area contributed by atoms with Crippen LogP contribution in [0.2, 0.25) is 0 Å². The highest BCUT2D eigenvalue weighted by Crippen LogP contribution is 2.44. The molecule has 13 rings (SSSR count). The minimum absolute atomic E-state index is 0.593. The van der Waals surface area contributed by atoms with Gasteiger partial charge in [-0.25, -0.2) is 4.98 Å². The summed E-state index contributed by atoms with van der Waals surface area (Å²) in [6.45, 7) is 0. The zero-order chi connectivity index (χ0) is 38.6. The number of benzene rings is 8. The third kappa shape index (κ3) is 4.71. The van der Waals surface area contributed by atoms with Crippen LogP contribution in [-0.4, -0.2) is 28.7 Å². The number of hydrogen-bond donors (Lipinski definition) is 0. The number of nitrogens with zero attached hydrogens (tertiary/aromatic N) is 6. The van der Waals surface area contributed by atoms with Gasteiger partial charge in [0.25, 0.3) is 0 Å². The van der Waals surface area contributed by atoms with Gasteiger partial charge < -0.3 is 9.13 Å². The van der Waals surface area contributed by atoms with E-state index in [1.54, 1.807) is 0 Å². The Hall–Kier alpha value is -7.83. The fourth-order valence-electron chi connectivity index (χ4n) is 9.83. The summed E-state index contributed by atoms with van der Waals surface area (Å²) in [5, 5.41) is 7.51. The van der Waals surface area contributed by atoms with Crippen LogP contribution in [0.3, 0.4) is 0 Å². The van der Waals surface area contributed by atoms with Gasteiger partial charge in [-0.05, 0) is 72.5 Å². The first kappa shape index (κ1) is 32.3. The van der Waals surface area contributed by atoms with Crippen LogP contribution < -0.4 is 0 Å². The van der Waals surface area contributed by atoms with Crippen molar-refractivity contribution in [3.8, 4) is 40.1 Å². The van der Waals surface area contributed by atoms with E-state index in [9.17, 15) is 0 Å². The molecule has 276 valence electrons. The van der Waals surface area contributed by atoms with Crippen LogP contribution in [-0.2, 0) is 12.8 Å². The van der Waals surface area contributed by atoms with Gasteiger partial charge in [0.05, 0.1) is 33.1 Å². The van der Waals surface area contributed by atoms with Crippen molar-refractivity contribution in [1.29, 1.82) is 0 Å². The molecule has 0 amide bonds. The summed E-state index contributed by atoms with van der Waals surface area (Å²) < 4.78 is 7.18. The maximum atomic E-state index is 5.36. The molecule has 8 aromatic carbocycles. The van der Waals surface area contributed by atoms with E-state index in [0.717, 1.165) is 46.4 Å². The van der Waals surface area contributed by atoms with Crippen LogP contribution in [0, 0.1) is 0 Å². The quantitative estimate of drug-likeness (QED) is 0.176. The van der Waals surface area contributed by atoms with Gasteiger partial charge in [0.2, 0.25) is 5.95 Å². The SMILES string of the molecule is c1ccc(-c2nc(-c3ccccc3)nc(-n3c4cc(-n5c6ccccc6c6ccccc65)cc5c4c4c(cc(-n6c7ccccc7c7ccccc76)cc43)CC5)n2)cc1. The predicted molar refractivity (Wildman–Crippen MR) is 241 cm³/mol. The summed E-state index contributed by atoms with van der Waals surface area (Å²) in [7, 11) is 0. The first-order valence-electron chi connectivity index (χ1n) is 20.3. The first-order chi connectivity index (χ1) is 29.3. The number of rotatable bonds is 5. The van der Waals surface area contributed by atoms with Gasteiger partial charge in [0, 0.05) is 54.8 Å². The lowest BCUT2D eigenvalue weighted by molar-refractivity contribution is 0.952. The molecule has 0 atom stereocenters. The summed E-state index contributed by atoms with van der Waals surface area (Å²) in [6, 6.07) is 65.1. The highest BCUT2D eigenvalue weighted by Gasteiger charge is 2.27. The molecule has 1 aliphatic rings. The topological polar surface area (TPSA) is 53.5 Å². The van der Waals surface area contributed by atoms with Crippen LogP contribution in [0.4, 0.5) is 0 Å². The summed E-state index contributed by atoms with van der Waals surface area (Å²) in [5.41, 5.74) is 13.7. The molecule has 0 saturated carbocycles. The van der Waals surface area contributed by atoms with Crippen molar-refractivity contribution in [2.24, 2.45) is 0 Å². The Morgan fingerprint density at radius 3 is 1.07 bits per heavy atom. The van der Waals surface area contributed by atoms with Crippen molar-refractivity contribution < 1.29 is 0 Å². The van der Waals surface area contributed by atoms with Gasteiger partial charge in [0.1, 0.15) is 0 Å². The molecule has 0 unspecified atom stereocenters. The standard InChI is InChI=1S/C53H34N6/c1-3-15-33(16-4-1)51-54-52(34-17-5-2-6-18-34)56-53(55-51)59-47-31-37(57-43-23-11-7-19-39(43)40-20-8-12-24-44(40)57)29-35-27-28-36-30-38(32-48(59)50(36)49(35)47)58-45-25-13-9-21-41(45)42-22-10-14-26-46(42)58/h1-26,29-32H,27-28H2. The van der Waals surface area contributed by atoms with Gasteiger partial charge in [-0.3, -0.25) is 4.57 Å². The van der Waals surface area contributed by atoms with Crippen molar-refractivity contribution in [3.05, 3.63) is 193 Å². The van der Waals surface area contributed by atoms with E-state index in [4.69, 9.17) is 15.0 Å². The van der Waals surface area contributed by atoms with E-state index in [1.807, 2.05) is 36.4 Å². The van der Waals surface area contributed by atoms with Gasteiger partial charge in [-0.2, -0.15) is 9.97 Å². The minimum atomic E-state index is 0.593. The molecule has 1 aliphatic carbocycles. The molecule has 6 nitrogen and oxygen atoms in total. The average Bonchev–Trinajstić information content (AvgIpc) is 3.94. The van der Waals surface area contributed by atoms with Crippen LogP contribution in [0.5, 0.6) is 0 Å². The van der Waals surface area contributed by atoms with Gasteiger partial charge in [-0.1, -0.05) is 133 Å². The molecular formula is C53H34N6. The Morgan fingerprint density at radius 2 is 0.678 bits per heavy atom. The summed E-state index contributed by atoms with van der Waals surface area (Å²) in [6.07, 6.45) is 1.85. The Morgan fingerprint density at radius 1 is 0.322 bits per heavy atom. The third-order valence-electron chi connectivity index (χ3n) is 12.3. The van der Waals surface area contributed by atoms with Gasteiger partial charge in [0.15, 0.2) is 11.6 Å². The lowest BCUT2D eigenvalue weighted by Crippen LogP contribution is -2.07. The molecule has 4 heterocycles. The predicted octanol–water partition coefficient (Wildman–Crippen LogP) is 12.6. The van der Waals surface area contributed by atoms with Crippen molar-refractivity contribution in [3.63, 3.8) is 0 Å². The average molecular weight is 755 g/mol. The smallest absolute Gasteiger partial charge is 0.238 e. The monoisotopic (exact) mass is 754 g/mol. The highest BCUT2D eigenvalue weighted by atomic mass is 15.2. The second kappa shape index (κ2) is 12.3. The van der Waals surface area contributed by atoms with Crippen LogP contribution >= 0.6 is 0 Å².